The van der Waals surface area contributed by atoms with Gasteiger partial charge < -0.3 is 0 Å². The fraction of sp³-hybridized carbons (Fsp3) is 0.538. The van der Waals surface area contributed by atoms with Crippen LogP contribution in [0.5, 0.6) is 0 Å². The van der Waals surface area contributed by atoms with Gasteiger partial charge >= 0.3 is 183 Å². The van der Waals surface area contributed by atoms with Gasteiger partial charge in [0.15, 0.2) is 0 Å². The van der Waals surface area contributed by atoms with E-state index < -0.39 is 36.8 Å². The van der Waals surface area contributed by atoms with Gasteiger partial charge in [-0.2, -0.15) is 0 Å². The van der Waals surface area contributed by atoms with Crippen LogP contribution >= 0.6 is 0 Å². The first-order chi connectivity index (χ1) is 13.1. The minimum atomic E-state index is -2.23. The van der Waals surface area contributed by atoms with Crippen LogP contribution in [0.3, 0.4) is 0 Å². The van der Waals surface area contributed by atoms with Crippen LogP contribution in [-0.4, -0.2) is 36.8 Å². The molecule has 0 radical (unpaired) electrons. The van der Waals surface area contributed by atoms with E-state index in [0.29, 0.717) is 0 Å². The summed E-state index contributed by atoms with van der Waals surface area (Å²) in [5.41, 5.74) is 9.98. The molecule has 0 saturated heterocycles. The van der Waals surface area contributed by atoms with Crippen LogP contribution in [0, 0.1) is 0 Å². The van der Waals surface area contributed by atoms with Gasteiger partial charge in [-0.1, -0.05) is 0 Å². The molecule has 0 unspecified atom stereocenters. The van der Waals surface area contributed by atoms with Crippen LogP contribution in [0.15, 0.2) is 24.3 Å². The van der Waals surface area contributed by atoms with E-state index in [2.05, 4.69) is 53.9 Å². The van der Waals surface area contributed by atoms with Crippen molar-refractivity contribution >= 4 is 43.9 Å². The molecule has 0 spiro atoms. The zero-order chi connectivity index (χ0) is 20.1. The van der Waals surface area contributed by atoms with E-state index in [-0.39, 0.29) is 0 Å². The van der Waals surface area contributed by atoms with Gasteiger partial charge in [-0.3, -0.25) is 0 Å². The molecule has 2 aromatic carbocycles. The first-order valence-corrected chi connectivity index (χ1v) is 31.5. The molecule has 0 fully saturated rings. The fourth-order valence-electron chi connectivity index (χ4n) is 5.26. The Balaban J connectivity index is 2.00. The van der Waals surface area contributed by atoms with Crippen LogP contribution in [0.25, 0.3) is 11.1 Å². The van der Waals surface area contributed by atoms with Crippen LogP contribution in [0.4, 0.5) is 0 Å². The molecule has 0 nitrogen and oxygen atoms in total. The summed E-state index contributed by atoms with van der Waals surface area (Å²) in [5.74, 6) is 0. The molecule has 0 bridgehead atoms. The Kier molecular flexibility index (Phi) is 6.04. The molecular formula is C26H38Sn2. The molecule has 2 aromatic rings. The van der Waals surface area contributed by atoms with E-state index in [4.69, 9.17) is 0 Å². The molecule has 4 rings (SSSR count). The number of fused-ring (bicyclic) bond motifs is 2. The van der Waals surface area contributed by atoms with E-state index in [9.17, 15) is 0 Å². The van der Waals surface area contributed by atoms with Crippen LogP contribution in [0.2, 0.25) is 29.6 Å². The second-order valence-electron chi connectivity index (χ2n) is 11.2. The Morgan fingerprint density at radius 1 is 0.464 bits per heavy atom. The van der Waals surface area contributed by atoms with Gasteiger partial charge in [-0.05, 0) is 0 Å². The summed E-state index contributed by atoms with van der Waals surface area (Å²) >= 11 is -4.46. The quantitative estimate of drug-likeness (QED) is 0.375. The molecule has 0 amide bonds. The van der Waals surface area contributed by atoms with Gasteiger partial charge in [0.1, 0.15) is 0 Å². The van der Waals surface area contributed by atoms with E-state index in [0.717, 1.165) is 0 Å². The van der Waals surface area contributed by atoms with Crippen molar-refractivity contribution in [3.63, 3.8) is 0 Å². The van der Waals surface area contributed by atoms with Crippen LogP contribution in [0.1, 0.15) is 47.9 Å². The number of aryl methyl sites for hydroxylation is 4. The SMILES string of the molecule is [CH3][Sn]([CH3])([CH3])[c]1cc2c(cc1-c1cc3c(c[c]1[Sn]([CH3])([CH3])[CH3])CCCC3)CCCC2. The van der Waals surface area contributed by atoms with Crippen molar-refractivity contribution in [2.75, 3.05) is 0 Å². The predicted molar refractivity (Wildman–Crippen MR) is 131 cm³/mol. The second-order valence-corrected chi connectivity index (χ2v) is 40.0. The van der Waals surface area contributed by atoms with E-state index in [1.165, 1.54) is 51.4 Å². The van der Waals surface area contributed by atoms with Crippen molar-refractivity contribution in [3.05, 3.63) is 46.5 Å². The zero-order valence-corrected chi connectivity index (χ0v) is 24.7. The normalized spacial score (nSPS) is 17.2. The topological polar surface area (TPSA) is 0 Å². The van der Waals surface area contributed by atoms with Crippen molar-refractivity contribution in [1.29, 1.82) is 0 Å². The van der Waals surface area contributed by atoms with Gasteiger partial charge in [0.05, 0.1) is 0 Å². The summed E-state index contributed by atoms with van der Waals surface area (Å²) in [6.45, 7) is 0. The second kappa shape index (κ2) is 7.94. The molecule has 150 valence electrons. The number of hydrogen-bond acceptors (Lipinski definition) is 0. The van der Waals surface area contributed by atoms with Crippen molar-refractivity contribution in [2.24, 2.45) is 0 Å². The Labute approximate surface area is 181 Å². The maximum atomic E-state index is 2.68. The monoisotopic (exact) mass is 590 g/mol. The number of rotatable bonds is 3. The molecule has 0 N–H and O–H groups in total. The van der Waals surface area contributed by atoms with Crippen LogP contribution in [-0.2, 0) is 25.7 Å². The Morgan fingerprint density at radius 2 is 0.750 bits per heavy atom. The Bertz CT molecular complexity index is 819. The predicted octanol–water partition coefficient (Wildman–Crippen LogP) is 6.20. The fourth-order valence-corrected chi connectivity index (χ4v) is 14.5. The van der Waals surface area contributed by atoms with Crippen molar-refractivity contribution in [2.45, 2.75) is 81.0 Å². The average Bonchev–Trinajstić information content (AvgIpc) is 2.64. The van der Waals surface area contributed by atoms with Crippen molar-refractivity contribution < 1.29 is 0 Å². The maximum absolute atomic E-state index is 2.68. The standard InChI is InChI=1S/C20H20.6CH3.2Sn/c1-3-7-17-13-19(11-9-15(17)5-1)20-12-10-16-6-2-4-8-18(16)14-20;;;;;;;;/h9-10,13-14H,1-8H2;6*1H3;;. The van der Waals surface area contributed by atoms with E-state index in [1.54, 1.807) is 40.5 Å². The molecule has 28 heavy (non-hydrogen) atoms. The zero-order valence-electron chi connectivity index (χ0n) is 19.0. The molecule has 2 heteroatoms. The molecule has 0 saturated carbocycles. The molecule has 0 heterocycles. The van der Waals surface area contributed by atoms with Crippen LogP contribution < -0.4 is 7.16 Å². The third-order valence-corrected chi connectivity index (χ3v) is 18.5. The molecule has 2 aliphatic carbocycles. The van der Waals surface area contributed by atoms with E-state index in [1.807, 2.05) is 0 Å². The third kappa shape index (κ3) is 4.24. The molecule has 0 aliphatic heterocycles. The summed E-state index contributed by atoms with van der Waals surface area (Å²) in [5, 5.41) is 0. The number of benzene rings is 2. The third-order valence-electron chi connectivity index (χ3n) is 6.87. The van der Waals surface area contributed by atoms with Gasteiger partial charge in [-0.25, -0.2) is 0 Å². The molecule has 0 aromatic heterocycles. The summed E-state index contributed by atoms with van der Waals surface area (Å²) in [7, 11) is 0. The first-order valence-electron chi connectivity index (χ1n) is 11.5. The summed E-state index contributed by atoms with van der Waals surface area (Å²) in [6, 6.07) is 10.7. The first kappa shape index (κ1) is 21.3. The summed E-state index contributed by atoms with van der Waals surface area (Å²) in [4.78, 5) is 15.7. The molecular weight excluding hydrogens is 550 g/mol. The van der Waals surface area contributed by atoms with Gasteiger partial charge in [0, 0.05) is 0 Å². The summed E-state index contributed by atoms with van der Waals surface area (Å²) in [6.07, 6.45) is 10.7. The van der Waals surface area contributed by atoms with Gasteiger partial charge in [0.25, 0.3) is 0 Å². The summed E-state index contributed by atoms with van der Waals surface area (Å²) < 4.78 is 3.56. The van der Waals surface area contributed by atoms with Gasteiger partial charge in [-0.15, -0.1) is 0 Å². The van der Waals surface area contributed by atoms with E-state index >= 15 is 0 Å². The Morgan fingerprint density at radius 3 is 1.04 bits per heavy atom. The molecule has 0 atom stereocenters. The average molecular weight is 588 g/mol. The van der Waals surface area contributed by atoms with Crippen molar-refractivity contribution in [1.82, 2.24) is 0 Å². The molecule has 2 aliphatic rings. The Hall–Kier alpha value is 0.0374. The van der Waals surface area contributed by atoms with Crippen molar-refractivity contribution in [3.8, 4) is 11.1 Å². The van der Waals surface area contributed by atoms with Gasteiger partial charge in [0.2, 0.25) is 0 Å². The number of hydrogen-bond donors (Lipinski definition) is 0. The minimum absolute atomic E-state index is 1.29.